The van der Waals surface area contributed by atoms with Crippen molar-refractivity contribution >= 4 is 22.7 Å². The van der Waals surface area contributed by atoms with E-state index in [-0.39, 0.29) is 18.1 Å². The summed E-state index contributed by atoms with van der Waals surface area (Å²) in [5, 5.41) is 7.70. The van der Waals surface area contributed by atoms with Crippen LogP contribution in [0.3, 0.4) is 0 Å². The number of amides is 2. The van der Waals surface area contributed by atoms with Gasteiger partial charge in [0.1, 0.15) is 6.54 Å². The first-order chi connectivity index (χ1) is 9.15. The number of nitrogens with two attached hydrogens (primary N) is 1. The van der Waals surface area contributed by atoms with Crippen LogP contribution in [0.2, 0.25) is 0 Å². The predicted octanol–water partition coefficient (Wildman–Crippen LogP) is 0.414. The van der Waals surface area contributed by atoms with Crippen molar-refractivity contribution in [1.82, 2.24) is 15.1 Å². The standard InChI is InChI=1S/C13H14N4O2/c14-13(19)12-9-3-1-2-4-10(9)17(16-12)7-11(18)15-8-5-6-8/h1-4,8H,5-7H2,(H2,14,19)(H,15,18). The number of primary amides is 1. The maximum Gasteiger partial charge on any atom is 0.269 e. The highest BCUT2D eigenvalue weighted by molar-refractivity contribution is 6.04. The van der Waals surface area contributed by atoms with Crippen LogP contribution in [-0.4, -0.2) is 27.6 Å². The molecule has 0 bridgehead atoms. The predicted molar refractivity (Wildman–Crippen MR) is 69.4 cm³/mol. The summed E-state index contributed by atoms with van der Waals surface area (Å²) in [6.45, 7) is 0.101. The highest BCUT2D eigenvalue weighted by Crippen LogP contribution is 2.20. The molecule has 19 heavy (non-hydrogen) atoms. The number of benzene rings is 1. The number of carbonyl (C=O) groups is 2. The molecule has 6 nitrogen and oxygen atoms in total. The highest BCUT2D eigenvalue weighted by Gasteiger charge is 2.24. The van der Waals surface area contributed by atoms with Crippen LogP contribution in [0.15, 0.2) is 24.3 Å². The average molecular weight is 258 g/mol. The summed E-state index contributed by atoms with van der Waals surface area (Å²) in [5.74, 6) is -0.677. The van der Waals surface area contributed by atoms with E-state index in [0.717, 1.165) is 18.4 Å². The molecule has 0 atom stereocenters. The second-order valence-corrected chi connectivity index (χ2v) is 4.73. The number of nitrogens with zero attached hydrogens (tertiary/aromatic N) is 2. The molecule has 2 amide bonds. The summed E-state index contributed by atoms with van der Waals surface area (Å²) in [6.07, 6.45) is 2.08. The molecule has 1 aromatic carbocycles. The zero-order chi connectivity index (χ0) is 13.4. The third kappa shape index (κ3) is 2.29. The summed E-state index contributed by atoms with van der Waals surface area (Å²) in [5.41, 5.74) is 6.24. The summed E-state index contributed by atoms with van der Waals surface area (Å²) in [6, 6.07) is 7.55. The summed E-state index contributed by atoms with van der Waals surface area (Å²) < 4.78 is 1.52. The SMILES string of the molecule is NC(=O)c1nn(CC(=O)NC2CC2)c2ccccc12. The maximum absolute atomic E-state index is 11.8. The largest absolute Gasteiger partial charge is 0.364 e. The minimum atomic E-state index is -0.586. The van der Waals surface area contributed by atoms with Crippen LogP contribution < -0.4 is 11.1 Å². The zero-order valence-corrected chi connectivity index (χ0v) is 10.3. The Balaban J connectivity index is 1.93. The Bertz CT molecular complexity index is 658. The normalized spacial score (nSPS) is 14.5. The lowest BCUT2D eigenvalue weighted by Crippen LogP contribution is -2.29. The van der Waals surface area contributed by atoms with Gasteiger partial charge in [0, 0.05) is 11.4 Å². The van der Waals surface area contributed by atoms with E-state index in [9.17, 15) is 9.59 Å². The molecule has 0 spiro atoms. The molecular formula is C13H14N4O2. The van der Waals surface area contributed by atoms with Crippen molar-refractivity contribution in [2.75, 3.05) is 0 Å². The smallest absolute Gasteiger partial charge is 0.269 e. The van der Waals surface area contributed by atoms with Crippen molar-refractivity contribution in [3.63, 3.8) is 0 Å². The molecule has 6 heteroatoms. The molecule has 0 aliphatic heterocycles. The van der Waals surface area contributed by atoms with Crippen molar-refractivity contribution in [2.45, 2.75) is 25.4 Å². The van der Waals surface area contributed by atoms with E-state index in [1.807, 2.05) is 18.2 Å². The van der Waals surface area contributed by atoms with Gasteiger partial charge >= 0.3 is 0 Å². The Morgan fingerprint density at radius 2 is 2.11 bits per heavy atom. The van der Waals surface area contributed by atoms with Crippen LogP contribution in [0.5, 0.6) is 0 Å². The quantitative estimate of drug-likeness (QED) is 0.832. The van der Waals surface area contributed by atoms with E-state index in [0.29, 0.717) is 11.4 Å². The Morgan fingerprint density at radius 3 is 2.79 bits per heavy atom. The Kier molecular flexibility index (Phi) is 2.70. The minimum Gasteiger partial charge on any atom is -0.364 e. The second kappa shape index (κ2) is 4.38. The maximum atomic E-state index is 11.8. The Hall–Kier alpha value is -2.37. The lowest BCUT2D eigenvalue weighted by Gasteiger charge is -2.04. The number of para-hydroxylation sites is 1. The number of nitrogens with one attached hydrogen (secondary N) is 1. The summed E-state index contributed by atoms with van der Waals surface area (Å²) in [4.78, 5) is 23.1. The van der Waals surface area contributed by atoms with Crippen molar-refractivity contribution in [2.24, 2.45) is 5.73 Å². The van der Waals surface area contributed by atoms with Crippen LogP contribution in [-0.2, 0) is 11.3 Å². The second-order valence-electron chi connectivity index (χ2n) is 4.73. The lowest BCUT2D eigenvalue weighted by molar-refractivity contribution is -0.121. The fourth-order valence-corrected chi connectivity index (χ4v) is 2.07. The number of carbonyl (C=O) groups excluding carboxylic acids is 2. The van der Waals surface area contributed by atoms with Gasteiger partial charge in [-0.2, -0.15) is 5.10 Å². The van der Waals surface area contributed by atoms with Crippen molar-refractivity contribution in [1.29, 1.82) is 0 Å². The first-order valence-electron chi connectivity index (χ1n) is 6.20. The van der Waals surface area contributed by atoms with E-state index in [2.05, 4.69) is 10.4 Å². The van der Waals surface area contributed by atoms with E-state index >= 15 is 0 Å². The molecule has 1 aliphatic rings. The van der Waals surface area contributed by atoms with Gasteiger partial charge in [0.2, 0.25) is 5.91 Å². The molecule has 1 saturated carbocycles. The van der Waals surface area contributed by atoms with Crippen LogP contribution in [0, 0.1) is 0 Å². The van der Waals surface area contributed by atoms with Crippen LogP contribution >= 0.6 is 0 Å². The Morgan fingerprint density at radius 1 is 1.37 bits per heavy atom. The number of hydrogen-bond donors (Lipinski definition) is 2. The fourth-order valence-electron chi connectivity index (χ4n) is 2.07. The van der Waals surface area contributed by atoms with Crippen molar-refractivity contribution in [3.8, 4) is 0 Å². The third-order valence-corrected chi connectivity index (χ3v) is 3.13. The number of hydrogen-bond acceptors (Lipinski definition) is 3. The van der Waals surface area contributed by atoms with Gasteiger partial charge in [-0.05, 0) is 18.9 Å². The van der Waals surface area contributed by atoms with Gasteiger partial charge in [-0.3, -0.25) is 14.3 Å². The number of aromatic nitrogens is 2. The fraction of sp³-hybridized carbons (Fsp3) is 0.308. The molecular weight excluding hydrogens is 244 g/mol. The van der Waals surface area contributed by atoms with Crippen molar-refractivity contribution in [3.05, 3.63) is 30.0 Å². The Labute approximate surface area is 109 Å². The van der Waals surface area contributed by atoms with Gasteiger partial charge in [0.05, 0.1) is 5.52 Å². The first kappa shape index (κ1) is 11.7. The van der Waals surface area contributed by atoms with Gasteiger partial charge in [0.15, 0.2) is 5.69 Å². The van der Waals surface area contributed by atoms with Crippen LogP contribution in [0.1, 0.15) is 23.3 Å². The average Bonchev–Trinajstić information content (AvgIpc) is 3.10. The number of fused-ring (bicyclic) bond motifs is 1. The summed E-state index contributed by atoms with van der Waals surface area (Å²) >= 11 is 0. The molecule has 1 aliphatic carbocycles. The third-order valence-electron chi connectivity index (χ3n) is 3.13. The molecule has 1 heterocycles. The van der Waals surface area contributed by atoms with Gasteiger partial charge in [-0.15, -0.1) is 0 Å². The zero-order valence-electron chi connectivity index (χ0n) is 10.3. The molecule has 0 radical (unpaired) electrons. The lowest BCUT2D eigenvalue weighted by atomic mass is 10.2. The molecule has 1 aromatic heterocycles. The van der Waals surface area contributed by atoms with Crippen molar-refractivity contribution < 1.29 is 9.59 Å². The van der Waals surface area contributed by atoms with E-state index in [1.54, 1.807) is 6.07 Å². The van der Waals surface area contributed by atoms with Gasteiger partial charge in [0.25, 0.3) is 5.91 Å². The van der Waals surface area contributed by atoms with Crippen LogP contribution in [0.4, 0.5) is 0 Å². The van der Waals surface area contributed by atoms with E-state index in [4.69, 9.17) is 5.73 Å². The van der Waals surface area contributed by atoms with E-state index < -0.39 is 5.91 Å². The molecule has 98 valence electrons. The topological polar surface area (TPSA) is 90.0 Å². The molecule has 3 N–H and O–H groups in total. The minimum absolute atomic E-state index is 0.0910. The molecule has 3 rings (SSSR count). The summed E-state index contributed by atoms with van der Waals surface area (Å²) in [7, 11) is 0. The van der Waals surface area contributed by atoms with Gasteiger partial charge in [-0.25, -0.2) is 0 Å². The number of rotatable bonds is 4. The molecule has 2 aromatic rings. The van der Waals surface area contributed by atoms with Crippen LogP contribution in [0.25, 0.3) is 10.9 Å². The molecule has 0 unspecified atom stereocenters. The molecule has 0 saturated heterocycles. The van der Waals surface area contributed by atoms with E-state index in [1.165, 1.54) is 4.68 Å². The first-order valence-corrected chi connectivity index (χ1v) is 6.20. The van der Waals surface area contributed by atoms with Gasteiger partial charge in [-0.1, -0.05) is 18.2 Å². The monoisotopic (exact) mass is 258 g/mol. The highest BCUT2D eigenvalue weighted by atomic mass is 16.2. The molecule has 1 fully saturated rings. The van der Waals surface area contributed by atoms with Gasteiger partial charge < -0.3 is 11.1 Å².